The van der Waals surface area contributed by atoms with Gasteiger partial charge in [0.05, 0.1) is 16.7 Å². The fourth-order valence-electron chi connectivity index (χ4n) is 3.68. The minimum Gasteiger partial charge on any atom is -0.349 e. The van der Waals surface area contributed by atoms with Gasteiger partial charge in [-0.25, -0.2) is 0 Å². The third kappa shape index (κ3) is 2.75. The molecule has 7 nitrogen and oxygen atoms in total. The monoisotopic (exact) mass is 395 g/mol. The maximum absolute atomic E-state index is 12.8. The topological polar surface area (TPSA) is 74.2 Å². The second kappa shape index (κ2) is 6.94. The minimum absolute atomic E-state index is 0.0590. The minimum atomic E-state index is -0.116. The Morgan fingerprint density at radius 3 is 2.64 bits per heavy atom. The van der Waals surface area contributed by atoms with Crippen molar-refractivity contribution in [1.82, 2.24) is 23.7 Å². The van der Waals surface area contributed by atoms with E-state index in [1.165, 1.54) is 16.3 Å². The Kier molecular flexibility index (Phi) is 4.58. The van der Waals surface area contributed by atoms with E-state index in [1.54, 1.807) is 13.1 Å². The van der Waals surface area contributed by atoms with E-state index < -0.39 is 0 Å². The maximum atomic E-state index is 12.8. The molecule has 0 amide bonds. The number of thioether (sulfide) groups is 1. The number of carbonyl (C=O) groups is 1. The number of benzene rings is 1. The lowest BCUT2D eigenvalue weighted by atomic mass is 10.2. The molecule has 4 rings (SSSR count). The predicted molar refractivity (Wildman–Crippen MR) is 110 cm³/mol. The molecule has 0 N–H and O–H groups in total. The van der Waals surface area contributed by atoms with Gasteiger partial charge in [0, 0.05) is 30.5 Å². The van der Waals surface area contributed by atoms with Crippen LogP contribution in [0.1, 0.15) is 28.7 Å². The van der Waals surface area contributed by atoms with Gasteiger partial charge in [0.1, 0.15) is 0 Å². The molecule has 4 aromatic rings. The summed E-state index contributed by atoms with van der Waals surface area (Å²) in [6, 6.07) is 9.31. The molecule has 0 aliphatic rings. The highest BCUT2D eigenvalue weighted by Crippen LogP contribution is 2.23. The van der Waals surface area contributed by atoms with E-state index in [4.69, 9.17) is 0 Å². The van der Waals surface area contributed by atoms with Gasteiger partial charge in [-0.05, 0) is 39.0 Å². The first-order chi connectivity index (χ1) is 13.4. The fraction of sp³-hybridized carbons (Fsp3) is 0.300. The van der Waals surface area contributed by atoms with Crippen molar-refractivity contribution < 1.29 is 4.79 Å². The van der Waals surface area contributed by atoms with Crippen molar-refractivity contribution in [3.63, 3.8) is 0 Å². The molecule has 0 spiro atoms. The Morgan fingerprint density at radius 2 is 1.93 bits per heavy atom. The summed E-state index contributed by atoms with van der Waals surface area (Å²) in [5, 5.41) is 9.59. The van der Waals surface area contributed by atoms with Gasteiger partial charge in [-0.15, -0.1) is 10.2 Å². The largest absolute Gasteiger partial charge is 0.349 e. The van der Waals surface area contributed by atoms with Crippen molar-refractivity contribution in [3.8, 4) is 0 Å². The van der Waals surface area contributed by atoms with Crippen molar-refractivity contribution in [3.05, 3.63) is 57.6 Å². The lowest BCUT2D eigenvalue weighted by molar-refractivity contribution is 0.102. The summed E-state index contributed by atoms with van der Waals surface area (Å²) in [6.07, 6.45) is 0. The number of hydrogen-bond donors (Lipinski definition) is 0. The average molecular weight is 395 g/mol. The van der Waals surface area contributed by atoms with Gasteiger partial charge in [0.2, 0.25) is 5.78 Å². The molecule has 3 aromatic heterocycles. The van der Waals surface area contributed by atoms with Crippen molar-refractivity contribution in [2.24, 2.45) is 7.05 Å². The van der Waals surface area contributed by atoms with Crippen LogP contribution in [0.25, 0.3) is 16.7 Å². The molecule has 144 valence electrons. The van der Waals surface area contributed by atoms with Gasteiger partial charge in [-0.2, -0.15) is 0 Å². The fourth-order valence-corrected chi connectivity index (χ4v) is 4.51. The highest BCUT2D eigenvalue weighted by Gasteiger charge is 2.19. The van der Waals surface area contributed by atoms with Crippen molar-refractivity contribution in [1.29, 1.82) is 0 Å². The van der Waals surface area contributed by atoms with Crippen LogP contribution in [0, 0.1) is 13.8 Å². The summed E-state index contributed by atoms with van der Waals surface area (Å²) >= 11 is 1.34. The molecule has 0 bridgehead atoms. The van der Waals surface area contributed by atoms with Crippen LogP contribution in [0.4, 0.5) is 0 Å². The number of nitrogens with zero attached hydrogens (tertiary/aromatic N) is 5. The Balaban J connectivity index is 1.72. The van der Waals surface area contributed by atoms with Crippen LogP contribution >= 0.6 is 11.8 Å². The first-order valence-electron chi connectivity index (χ1n) is 9.09. The van der Waals surface area contributed by atoms with E-state index in [1.807, 2.05) is 42.5 Å². The van der Waals surface area contributed by atoms with Crippen molar-refractivity contribution in [2.45, 2.75) is 32.5 Å². The lowest BCUT2D eigenvalue weighted by Crippen LogP contribution is -2.20. The quantitative estimate of drug-likeness (QED) is 0.384. The van der Waals surface area contributed by atoms with Gasteiger partial charge >= 0.3 is 0 Å². The number of rotatable bonds is 5. The normalized spacial score (nSPS) is 11.6. The van der Waals surface area contributed by atoms with Crippen LogP contribution in [0.5, 0.6) is 0 Å². The number of aromatic nitrogens is 5. The predicted octanol–water partition coefficient (Wildman–Crippen LogP) is 2.99. The highest BCUT2D eigenvalue weighted by molar-refractivity contribution is 7.99. The molecule has 28 heavy (non-hydrogen) atoms. The zero-order chi connectivity index (χ0) is 20.0. The van der Waals surface area contributed by atoms with Gasteiger partial charge in [0.15, 0.2) is 10.9 Å². The van der Waals surface area contributed by atoms with Crippen LogP contribution in [-0.2, 0) is 13.6 Å². The summed E-state index contributed by atoms with van der Waals surface area (Å²) in [6.45, 7) is 6.90. The third-order valence-corrected chi connectivity index (χ3v) is 6.05. The van der Waals surface area contributed by atoms with Crippen LogP contribution < -0.4 is 5.56 Å². The number of para-hydroxylation sites is 1. The summed E-state index contributed by atoms with van der Waals surface area (Å²) in [4.78, 5) is 25.3. The van der Waals surface area contributed by atoms with E-state index in [-0.39, 0.29) is 17.1 Å². The van der Waals surface area contributed by atoms with Crippen LogP contribution in [0.3, 0.4) is 0 Å². The SMILES string of the molecule is CCn1c(C)cc(C(=O)CSc2nnc3n(C)c(=O)c4ccccc4n23)c1C. The molecule has 0 fully saturated rings. The third-order valence-electron chi connectivity index (χ3n) is 5.12. The summed E-state index contributed by atoms with van der Waals surface area (Å²) in [7, 11) is 1.68. The number of Topliss-reactive ketones (excluding diaryl/α,β-unsaturated/α-hetero) is 1. The lowest BCUT2D eigenvalue weighted by Gasteiger charge is -2.07. The smallest absolute Gasteiger partial charge is 0.262 e. The molecule has 8 heteroatoms. The van der Waals surface area contributed by atoms with Gasteiger partial charge in [0.25, 0.3) is 5.56 Å². The van der Waals surface area contributed by atoms with E-state index in [2.05, 4.69) is 21.7 Å². The Hall–Kier alpha value is -2.87. The molecule has 1 aromatic carbocycles. The summed E-state index contributed by atoms with van der Waals surface area (Å²) in [5.41, 5.74) is 3.45. The van der Waals surface area contributed by atoms with Crippen LogP contribution in [-0.4, -0.2) is 35.3 Å². The van der Waals surface area contributed by atoms with E-state index in [0.29, 0.717) is 16.3 Å². The standard InChI is InChI=1S/C20H21N5O2S/c1-5-24-12(2)10-15(13(24)3)17(26)11-28-20-22-21-19-23(4)18(27)14-8-6-7-9-16(14)25(19)20/h6-10H,5,11H2,1-4H3. The second-order valence-corrected chi connectivity index (χ2v) is 7.68. The first-order valence-corrected chi connectivity index (χ1v) is 10.1. The molecule has 0 unspecified atom stereocenters. The maximum Gasteiger partial charge on any atom is 0.262 e. The van der Waals surface area contributed by atoms with E-state index in [0.717, 1.165) is 29.0 Å². The zero-order valence-electron chi connectivity index (χ0n) is 16.3. The Labute approximate surface area is 166 Å². The number of ketones is 1. The van der Waals surface area contributed by atoms with Crippen LogP contribution in [0.2, 0.25) is 0 Å². The molecule has 0 aliphatic carbocycles. The molecular weight excluding hydrogens is 374 g/mol. The molecule has 0 saturated carbocycles. The Morgan fingerprint density at radius 1 is 1.18 bits per heavy atom. The van der Waals surface area contributed by atoms with Gasteiger partial charge < -0.3 is 4.57 Å². The zero-order valence-corrected chi connectivity index (χ0v) is 17.1. The van der Waals surface area contributed by atoms with Crippen molar-refractivity contribution in [2.75, 3.05) is 5.75 Å². The van der Waals surface area contributed by atoms with Gasteiger partial charge in [-0.3, -0.25) is 18.6 Å². The number of fused-ring (bicyclic) bond motifs is 3. The number of carbonyl (C=O) groups excluding carboxylic acids is 1. The highest BCUT2D eigenvalue weighted by atomic mass is 32.2. The molecule has 0 radical (unpaired) electrons. The van der Waals surface area contributed by atoms with Crippen LogP contribution in [0.15, 0.2) is 40.3 Å². The molecule has 0 saturated heterocycles. The van der Waals surface area contributed by atoms with E-state index >= 15 is 0 Å². The summed E-state index contributed by atoms with van der Waals surface area (Å²) < 4.78 is 5.45. The van der Waals surface area contributed by atoms with Crippen molar-refractivity contribution >= 4 is 34.2 Å². The molecular formula is C20H21N5O2S. The molecule has 0 aliphatic heterocycles. The average Bonchev–Trinajstić information content (AvgIpc) is 3.25. The molecule has 0 atom stereocenters. The first kappa shape index (κ1) is 18.5. The number of aryl methyl sites for hydroxylation is 2. The summed E-state index contributed by atoms with van der Waals surface area (Å²) in [5.74, 6) is 0.776. The second-order valence-electron chi connectivity index (χ2n) is 6.74. The van der Waals surface area contributed by atoms with E-state index in [9.17, 15) is 9.59 Å². The Bertz CT molecular complexity index is 1280. The molecule has 3 heterocycles. The number of hydrogen-bond acceptors (Lipinski definition) is 5. The van der Waals surface area contributed by atoms with Gasteiger partial charge in [-0.1, -0.05) is 23.9 Å².